The van der Waals surface area contributed by atoms with Gasteiger partial charge in [0.15, 0.2) is 0 Å². The molecule has 0 saturated heterocycles. The van der Waals surface area contributed by atoms with E-state index in [0.29, 0.717) is 0 Å². The van der Waals surface area contributed by atoms with Crippen LogP contribution in [0.25, 0.3) is 5.57 Å². The van der Waals surface area contributed by atoms with Crippen molar-refractivity contribution < 1.29 is 13.2 Å². The van der Waals surface area contributed by atoms with Gasteiger partial charge in [-0.15, -0.1) is 0 Å². The Morgan fingerprint density at radius 1 is 0.955 bits per heavy atom. The lowest BCUT2D eigenvalue weighted by atomic mass is 10.1. The first kappa shape index (κ1) is 17.6. The van der Waals surface area contributed by atoms with Crippen molar-refractivity contribution >= 4 is 49.2 Å². The van der Waals surface area contributed by atoms with E-state index in [1.807, 2.05) is 6.07 Å². The second-order valence-corrected chi connectivity index (χ2v) is 7.00. The Balaban J connectivity index is 2.51. The predicted octanol–water partition coefficient (Wildman–Crippen LogP) is 6.91. The van der Waals surface area contributed by atoms with Crippen LogP contribution in [0.4, 0.5) is 13.2 Å². The lowest BCUT2D eigenvalue weighted by molar-refractivity contribution is -0.0691. The van der Waals surface area contributed by atoms with Gasteiger partial charge >= 0.3 is 6.18 Å². The molecule has 0 fully saturated rings. The maximum atomic E-state index is 13.5. The maximum absolute atomic E-state index is 13.5. The average Bonchev–Trinajstić information content (AvgIpc) is 2.48. The minimum atomic E-state index is -4.42. The topological polar surface area (TPSA) is 0 Å². The summed E-state index contributed by atoms with van der Waals surface area (Å²) in [4.78, 5) is 1.01. The molecule has 2 rings (SSSR count). The SMILES string of the molecule is FC(F)(F)/C(=C(/CBr)Sc1ccccc1)c1ccc(Br)cc1. The Hall–Kier alpha value is -0.720. The molecule has 116 valence electrons. The third-order valence-corrected chi connectivity index (χ3v) is 5.36. The Morgan fingerprint density at radius 2 is 1.55 bits per heavy atom. The quantitative estimate of drug-likeness (QED) is 0.359. The first-order chi connectivity index (χ1) is 10.4. The van der Waals surface area contributed by atoms with Crippen LogP contribution in [-0.4, -0.2) is 11.5 Å². The maximum Gasteiger partial charge on any atom is 0.417 e. The number of alkyl halides is 4. The number of hydrogen-bond acceptors (Lipinski definition) is 1. The highest BCUT2D eigenvalue weighted by Crippen LogP contribution is 2.42. The Kier molecular flexibility index (Phi) is 6.17. The van der Waals surface area contributed by atoms with Gasteiger partial charge in [-0.25, -0.2) is 0 Å². The van der Waals surface area contributed by atoms with Crippen molar-refractivity contribution in [2.45, 2.75) is 11.1 Å². The van der Waals surface area contributed by atoms with Crippen LogP contribution in [0.3, 0.4) is 0 Å². The molecule has 0 amide bonds. The van der Waals surface area contributed by atoms with E-state index >= 15 is 0 Å². The molecule has 0 nitrogen and oxygen atoms in total. The van der Waals surface area contributed by atoms with Crippen molar-refractivity contribution in [2.75, 3.05) is 5.33 Å². The zero-order valence-corrected chi connectivity index (χ0v) is 15.2. The van der Waals surface area contributed by atoms with Crippen LogP contribution in [0, 0.1) is 0 Å². The molecule has 6 heteroatoms. The summed E-state index contributed by atoms with van der Waals surface area (Å²) in [6.45, 7) is 0. The highest BCUT2D eigenvalue weighted by molar-refractivity contribution is 9.10. The van der Waals surface area contributed by atoms with Gasteiger partial charge in [0, 0.05) is 19.6 Å². The molecular formula is C16H11Br2F3S. The zero-order chi connectivity index (χ0) is 16.2. The van der Waals surface area contributed by atoms with Gasteiger partial charge < -0.3 is 0 Å². The molecule has 0 aromatic heterocycles. The van der Waals surface area contributed by atoms with Gasteiger partial charge in [0.2, 0.25) is 0 Å². The molecule has 0 unspecified atom stereocenters. The van der Waals surface area contributed by atoms with E-state index in [0.717, 1.165) is 21.1 Å². The van der Waals surface area contributed by atoms with Gasteiger partial charge in [-0.2, -0.15) is 13.2 Å². The van der Waals surface area contributed by atoms with Gasteiger partial charge in [0.25, 0.3) is 0 Å². The van der Waals surface area contributed by atoms with Crippen LogP contribution < -0.4 is 0 Å². The third-order valence-electron chi connectivity index (χ3n) is 2.80. The Bertz CT molecular complexity index is 649. The number of allylic oxidation sites excluding steroid dienone is 2. The van der Waals surface area contributed by atoms with Crippen molar-refractivity contribution in [3.05, 3.63) is 69.5 Å². The number of hydrogen-bond donors (Lipinski definition) is 0. The fourth-order valence-electron chi connectivity index (χ4n) is 1.88. The summed E-state index contributed by atoms with van der Waals surface area (Å²) in [5.74, 6) is 0. The molecule has 0 N–H and O–H groups in total. The van der Waals surface area contributed by atoms with E-state index in [1.54, 1.807) is 36.4 Å². The second kappa shape index (κ2) is 7.70. The second-order valence-electron chi connectivity index (χ2n) is 4.35. The first-order valence-corrected chi connectivity index (χ1v) is 9.00. The Morgan fingerprint density at radius 3 is 2.05 bits per heavy atom. The summed E-state index contributed by atoms with van der Waals surface area (Å²) in [5.41, 5.74) is -0.445. The van der Waals surface area contributed by atoms with Gasteiger partial charge in [0.05, 0.1) is 5.57 Å². The molecule has 0 aliphatic heterocycles. The molecule has 0 bridgehead atoms. The monoisotopic (exact) mass is 450 g/mol. The lowest BCUT2D eigenvalue weighted by Gasteiger charge is -2.17. The summed E-state index contributed by atoms with van der Waals surface area (Å²) in [5, 5.41) is 0.136. The van der Waals surface area contributed by atoms with E-state index in [-0.39, 0.29) is 15.8 Å². The van der Waals surface area contributed by atoms with Gasteiger partial charge in [-0.3, -0.25) is 0 Å². The van der Waals surface area contributed by atoms with Crippen LogP contribution in [-0.2, 0) is 0 Å². The van der Waals surface area contributed by atoms with Crippen LogP contribution in [0.5, 0.6) is 0 Å². The summed E-state index contributed by atoms with van der Waals surface area (Å²) < 4.78 is 41.4. The van der Waals surface area contributed by atoms with E-state index in [9.17, 15) is 13.2 Å². The highest BCUT2D eigenvalue weighted by Gasteiger charge is 2.37. The minimum Gasteiger partial charge on any atom is -0.166 e. The van der Waals surface area contributed by atoms with Crippen LogP contribution >= 0.6 is 43.6 Å². The average molecular weight is 452 g/mol. The summed E-state index contributed by atoms with van der Waals surface area (Å²) in [6.07, 6.45) is -4.42. The lowest BCUT2D eigenvalue weighted by Crippen LogP contribution is -2.13. The molecule has 0 spiro atoms. The smallest absolute Gasteiger partial charge is 0.166 e. The van der Waals surface area contributed by atoms with Crippen LogP contribution in [0.15, 0.2) is 68.9 Å². The fourth-order valence-corrected chi connectivity index (χ4v) is 3.73. The summed E-state index contributed by atoms with van der Waals surface area (Å²) in [6, 6.07) is 15.2. The van der Waals surface area contributed by atoms with Crippen molar-refractivity contribution in [1.82, 2.24) is 0 Å². The van der Waals surface area contributed by atoms with Crippen LogP contribution in [0.2, 0.25) is 0 Å². The summed E-state index contributed by atoms with van der Waals surface area (Å²) >= 11 is 7.56. The van der Waals surface area contributed by atoms with Crippen molar-refractivity contribution in [1.29, 1.82) is 0 Å². The molecule has 0 heterocycles. The van der Waals surface area contributed by atoms with Gasteiger partial charge in [-0.1, -0.05) is 74.0 Å². The molecule has 2 aromatic carbocycles. The largest absolute Gasteiger partial charge is 0.417 e. The molecule has 0 radical (unpaired) electrons. The standard InChI is InChI=1S/C16H11Br2F3S/c17-10-14(22-13-4-2-1-3-5-13)15(16(19,20)21)11-6-8-12(18)9-7-11/h1-9H,10H2/b15-14-. The molecule has 0 saturated carbocycles. The predicted molar refractivity (Wildman–Crippen MR) is 93.2 cm³/mol. The Labute approximate surface area is 148 Å². The highest BCUT2D eigenvalue weighted by atomic mass is 79.9. The molecular weight excluding hydrogens is 441 g/mol. The van der Waals surface area contributed by atoms with E-state index in [1.165, 1.54) is 12.1 Å². The number of benzene rings is 2. The number of halogens is 5. The third kappa shape index (κ3) is 4.64. The molecule has 0 atom stereocenters. The van der Waals surface area contributed by atoms with E-state index < -0.39 is 11.7 Å². The van der Waals surface area contributed by atoms with Crippen molar-refractivity contribution in [2.24, 2.45) is 0 Å². The molecule has 22 heavy (non-hydrogen) atoms. The number of thioether (sulfide) groups is 1. The molecule has 2 aromatic rings. The van der Waals surface area contributed by atoms with Crippen molar-refractivity contribution in [3.8, 4) is 0 Å². The normalized spacial score (nSPS) is 13.0. The van der Waals surface area contributed by atoms with E-state index in [4.69, 9.17) is 0 Å². The molecule has 0 aliphatic carbocycles. The van der Waals surface area contributed by atoms with Gasteiger partial charge in [-0.05, 0) is 29.8 Å². The summed E-state index contributed by atoms with van der Waals surface area (Å²) in [7, 11) is 0. The van der Waals surface area contributed by atoms with Crippen LogP contribution in [0.1, 0.15) is 5.56 Å². The minimum absolute atomic E-state index is 0.136. The van der Waals surface area contributed by atoms with Crippen molar-refractivity contribution in [3.63, 3.8) is 0 Å². The fraction of sp³-hybridized carbons (Fsp3) is 0.125. The first-order valence-electron chi connectivity index (χ1n) is 6.27. The number of rotatable bonds is 4. The zero-order valence-electron chi connectivity index (χ0n) is 11.2. The molecule has 0 aliphatic rings. The van der Waals surface area contributed by atoms with E-state index in [2.05, 4.69) is 31.9 Å². The van der Waals surface area contributed by atoms with Gasteiger partial charge in [0.1, 0.15) is 0 Å².